The van der Waals surface area contributed by atoms with Gasteiger partial charge in [-0.2, -0.15) is 48.5 Å². The van der Waals surface area contributed by atoms with Gasteiger partial charge in [0, 0.05) is 0 Å². The van der Waals surface area contributed by atoms with Crippen molar-refractivity contribution in [1.82, 2.24) is 0 Å². The fourth-order valence-electron chi connectivity index (χ4n) is 1.57. The van der Waals surface area contributed by atoms with Crippen molar-refractivity contribution in [3.8, 4) is 0 Å². The quantitative estimate of drug-likeness (QED) is 0.343. The summed E-state index contributed by atoms with van der Waals surface area (Å²) in [6.07, 6.45) is 7.02. The summed E-state index contributed by atoms with van der Waals surface area (Å²) in [5.41, 5.74) is 1.46. The molecule has 0 radical (unpaired) electrons. The van der Waals surface area contributed by atoms with Gasteiger partial charge in [-0.25, -0.2) is 24.3 Å². The van der Waals surface area contributed by atoms with E-state index in [2.05, 4.69) is 43.0 Å². The average Bonchev–Trinajstić information content (AvgIpc) is 3.05. The second-order valence-electron chi connectivity index (χ2n) is 3.89. The zero-order valence-electron chi connectivity index (χ0n) is 10.5. The van der Waals surface area contributed by atoms with Crippen LogP contribution in [0.15, 0.2) is 66.1 Å². The summed E-state index contributed by atoms with van der Waals surface area (Å²) in [4.78, 5) is 0. The molecule has 0 saturated heterocycles. The van der Waals surface area contributed by atoms with Crippen molar-refractivity contribution in [2.45, 2.75) is 25.7 Å². The van der Waals surface area contributed by atoms with Gasteiger partial charge in [0.2, 0.25) is 0 Å². The van der Waals surface area contributed by atoms with E-state index in [1.807, 2.05) is 35.7 Å². The van der Waals surface area contributed by atoms with Crippen LogP contribution in [-0.2, 0) is 23.5 Å². The summed E-state index contributed by atoms with van der Waals surface area (Å²) in [5, 5.41) is 1.82. The number of unbranched alkanes of at least 4 members (excludes halogenated alkanes) is 2. The van der Waals surface area contributed by atoms with Crippen molar-refractivity contribution < 1.29 is 17.1 Å². The number of rotatable bonds is 5. The van der Waals surface area contributed by atoms with E-state index >= 15 is 0 Å². The van der Waals surface area contributed by atoms with Crippen LogP contribution in [0.2, 0.25) is 0 Å². The summed E-state index contributed by atoms with van der Waals surface area (Å²) < 4.78 is 0. The number of aryl methyl sites for hydroxylation is 1. The summed E-state index contributed by atoms with van der Waals surface area (Å²) in [6.45, 7) is 0. The molecule has 2 aromatic carbocycles. The molecule has 0 unspecified atom stereocenters. The number of allylic oxidation sites excluding steroid dienone is 1. The molecule has 0 aliphatic rings. The van der Waals surface area contributed by atoms with Gasteiger partial charge in [0.15, 0.2) is 0 Å². The fourth-order valence-corrected chi connectivity index (χ4v) is 1.72. The summed E-state index contributed by atoms with van der Waals surface area (Å²) >= 11 is 4.00. The Balaban J connectivity index is 0.000000405. The van der Waals surface area contributed by atoms with Crippen LogP contribution in [0, 0.1) is 0 Å². The van der Waals surface area contributed by atoms with E-state index in [4.69, 9.17) is 0 Å². The molecule has 0 spiro atoms. The van der Waals surface area contributed by atoms with Crippen molar-refractivity contribution in [2.75, 3.05) is 0 Å². The largest absolute Gasteiger partial charge is 2.00 e. The third kappa shape index (κ3) is 9.35. The molecule has 0 aromatic heterocycles. The van der Waals surface area contributed by atoms with Crippen molar-refractivity contribution in [1.29, 1.82) is 0 Å². The first-order chi connectivity index (χ1) is 8.43. The minimum atomic E-state index is 0. The van der Waals surface area contributed by atoms with Crippen molar-refractivity contribution >= 4 is 12.6 Å². The molecular formula is C16H20FeS. The third-order valence-electron chi connectivity index (χ3n) is 2.48. The summed E-state index contributed by atoms with van der Waals surface area (Å²) in [5.74, 6) is 0. The van der Waals surface area contributed by atoms with Crippen LogP contribution in [0.25, 0.3) is 0 Å². The molecule has 2 rings (SSSR count). The molecule has 0 saturated carbocycles. The van der Waals surface area contributed by atoms with E-state index in [9.17, 15) is 0 Å². The Kier molecular flexibility index (Phi) is 12.3. The fraction of sp³-hybridized carbons (Fsp3) is 0.250. The zero-order chi connectivity index (χ0) is 12.2. The average molecular weight is 300 g/mol. The first-order valence-corrected chi connectivity index (χ1v) is 6.61. The first kappa shape index (κ1) is 17.3. The Hall–Kier alpha value is -0.691. The van der Waals surface area contributed by atoms with Crippen LogP contribution in [0.4, 0.5) is 0 Å². The summed E-state index contributed by atoms with van der Waals surface area (Å²) in [7, 11) is 0. The van der Waals surface area contributed by atoms with Crippen LogP contribution in [-0.4, -0.2) is 0 Å². The molecule has 98 valence electrons. The van der Waals surface area contributed by atoms with Gasteiger partial charge in [-0.3, -0.25) is 0 Å². The molecule has 0 fully saturated rings. The molecule has 0 aliphatic heterocycles. The van der Waals surface area contributed by atoms with Gasteiger partial charge in [-0.1, -0.05) is 25.3 Å². The van der Waals surface area contributed by atoms with Gasteiger partial charge in [0.05, 0.1) is 0 Å². The van der Waals surface area contributed by atoms with E-state index < -0.39 is 0 Å². The minimum absolute atomic E-state index is 0. The predicted octanol–water partition coefficient (Wildman–Crippen LogP) is 4.96. The molecule has 0 heterocycles. The summed E-state index contributed by atoms with van der Waals surface area (Å²) in [6, 6.07) is 18.6. The van der Waals surface area contributed by atoms with Gasteiger partial charge in [-0.05, 0) is 11.8 Å². The van der Waals surface area contributed by atoms with Gasteiger partial charge in [-0.15, -0.1) is 0 Å². The molecule has 0 atom stereocenters. The second kappa shape index (κ2) is 12.8. The first-order valence-electron chi connectivity index (χ1n) is 6.10. The molecule has 2 aromatic rings. The molecule has 0 N–H and O–H groups in total. The number of thiol groups is 1. The maximum Gasteiger partial charge on any atom is 2.00 e. The van der Waals surface area contributed by atoms with Crippen LogP contribution >= 0.6 is 12.6 Å². The molecule has 0 nitrogen and oxygen atoms in total. The standard InChI is InChI=1S/C11H15S.C5H5.Fe/c12-10-6-2-1-3-7-11-8-4-5-9-11;1-2-4-5-3-1;/h4-6,8-10,12H,1-3,7H2;1-5H;/q2*-1;+2. The topological polar surface area (TPSA) is 0 Å². The Morgan fingerprint density at radius 3 is 2.17 bits per heavy atom. The van der Waals surface area contributed by atoms with Crippen LogP contribution in [0.1, 0.15) is 24.8 Å². The van der Waals surface area contributed by atoms with Crippen LogP contribution < -0.4 is 0 Å². The van der Waals surface area contributed by atoms with E-state index in [1.54, 1.807) is 0 Å². The van der Waals surface area contributed by atoms with Crippen LogP contribution in [0.3, 0.4) is 0 Å². The van der Waals surface area contributed by atoms with Gasteiger partial charge >= 0.3 is 17.1 Å². The normalized spacial score (nSPS) is 9.61. The molecule has 0 aliphatic carbocycles. The maximum atomic E-state index is 4.00. The Bertz CT molecular complexity index is 343. The van der Waals surface area contributed by atoms with Gasteiger partial charge in [0.25, 0.3) is 0 Å². The van der Waals surface area contributed by atoms with Crippen molar-refractivity contribution in [2.24, 2.45) is 0 Å². The van der Waals surface area contributed by atoms with Crippen molar-refractivity contribution in [3.05, 3.63) is 71.6 Å². The number of hydrogen-bond acceptors (Lipinski definition) is 1. The predicted molar refractivity (Wildman–Crippen MR) is 79.8 cm³/mol. The Labute approximate surface area is 127 Å². The maximum absolute atomic E-state index is 4.00. The van der Waals surface area contributed by atoms with E-state index in [1.165, 1.54) is 24.8 Å². The molecule has 18 heavy (non-hydrogen) atoms. The van der Waals surface area contributed by atoms with Crippen LogP contribution in [0.5, 0.6) is 0 Å². The number of hydrogen-bond donors (Lipinski definition) is 1. The SMILES string of the molecule is SC=CCCCC[c-]1cccc1.[Fe+2].c1cc[cH-]c1. The van der Waals surface area contributed by atoms with E-state index in [0.29, 0.717) is 0 Å². The monoisotopic (exact) mass is 300 g/mol. The molecule has 2 heteroatoms. The van der Waals surface area contributed by atoms with E-state index in [0.717, 1.165) is 6.42 Å². The van der Waals surface area contributed by atoms with Crippen molar-refractivity contribution in [3.63, 3.8) is 0 Å². The molecule has 0 bridgehead atoms. The zero-order valence-corrected chi connectivity index (χ0v) is 12.5. The third-order valence-corrected chi connectivity index (χ3v) is 2.69. The second-order valence-corrected chi connectivity index (χ2v) is 4.18. The van der Waals surface area contributed by atoms with Gasteiger partial charge in [0.1, 0.15) is 0 Å². The Morgan fingerprint density at radius 1 is 1.00 bits per heavy atom. The minimum Gasteiger partial charge on any atom is -0.214 e. The van der Waals surface area contributed by atoms with E-state index in [-0.39, 0.29) is 17.1 Å². The molecular weight excluding hydrogens is 280 g/mol. The van der Waals surface area contributed by atoms with Gasteiger partial charge < -0.3 is 0 Å². The Morgan fingerprint density at radius 2 is 1.67 bits per heavy atom. The smallest absolute Gasteiger partial charge is 0.214 e. The molecule has 0 amide bonds.